The largest absolute Gasteiger partial charge is 0.493 e. The number of fused-ring (bicyclic) bond motifs is 1. The van der Waals surface area contributed by atoms with Crippen LogP contribution in [-0.4, -0.2) is 61.1 Å². The summed E-state index contributed by atoms with van der Waals surface area (Å²) >= 11 is 0. The number of aromatic nitrogens is 1. The van der Waals surface area contributed by atoms with Gasteiger partial charge in [0.1, 0.15) is 5.69 Å². The van der Waals surface area contributed by atoms with Gasteiger partial charge in [-0.1, -0.05) is 60.7 Å². The van der Waals surface area contributed by atoms with Crippen LogP contribution in [-0.2, 0) is 0 Å². The molecule has 1 saturated heterocycles. The molecule has 6 nitrogen and oxygen atoms in total. The Morgan fingerprint density at radius 1 is 0.794 bits per heavy atom. The van der Waals surface area contributed by atoms with Crippen LogP contribution in [0.1, 0.15) is 27.7 Å². The minimum atomic E-state index is 0.0183. The van der Waals surface area contributed by atoms with E-state index in [1.807, 2.05) is 35.2 Å². The van der Waals surface area contributed by atoms with Crippen molar-refractivity contribution in [3.8, 4) is 11.5 Å². The van der Waals surface area contributed by atoms with Gasteiger partial charge in [0.2, 0.25) is 0 Å². The van der Waals surface area contributed by atoms with E-state index in [4.69, 9.17) is 9.47 Å². The fourth-order valence-corrected chi connectivity index (χ4v) is 4.81. The van der Waals surface area contributed by atoms with Crippen LogP contribution in [0.4, 0.5) is 0 Å². The summed E-state index contributed by atoms with van der Waals surface area (Å²) < 4.78 is 10.8. The minimum Gasteiger partial charge on any atom is -0.493 e. The van der Waals surface area contributed by atoms with Crippen molar-refractivity contribution in [3.05, 3.63) is 95.7 Å². The first-order valence-corrected chi connectivity index (χ1v) is 11.6. The summed E-state index contributed by atoms with van der Waals surface area (Å²) in [6, 6.07) is 27.0. The van der Waals surface area contributed by atoms with E-state index in [1.165, 1.54) is 11.1 Å². The zero-order valence-electron chi connectivity index (χ0n) is 19.5. The number of hydrogen-bond acceptors (Lipinski definition) is 4. The molecule has 5 rings (SSSR count). The lowest BCUT2D eigenvalue weighted by atomic mass is 9.96. The lowest BCUT2D eigenvalue weighted by molar-refractivity contribution is 0.0592. The van der Waals surface area contributed by atoms with E-state index < -0.39 is 0 Å². The average Bonchev–Trinajstić information content (AvgIpc) is 3.32. The number of piperazine rings is 1. The quantitative estimate of drug-likeness (QED) is 0.457. The normalized spacial score (nSPS) is 14.5. The fourth-order valence-electron chi connectivity index (χ4n) is 4.81. The number of nitrogens with zero attached hydrogens (tertiary/aromatic N) is 2. The number of aromatic amines is 1. The van der Waals surface area contributed by atoms with Crippen molar-refractivity contribution in [1.82, 2.24) is 14.8 Å². The predicted molar refractivity (Wildman–Crippen MR) is 134 cm³/mol. The van der Waals surface area contributed by atoms with Gasteiger partial charge in [-0.05, 0) is 23.3 Å². The molecule has 0 unspecified atom stereocenters. The maximum absolute atomic E-state index is 13.3. The molecule has 1 aliphatic rings. The van der Waals surface area contributed by atoms with E-state index >= 15 is 0 Å². The Morgan fingerprint density at radius 3 is 1.91 bits per heavy atom. The lowest BCUT2D eigenvalue weighted by Gasteiger charge is -2.39. The molecule has 34 heavy (non-hydrogen) atoms. The number of hydrogen-bond donors (Lipinski definition) is 1. The zero-order valence-corrected chi connectivity index (χ0v) is 19.5. The highest BCUT2D eigenvalue weighted by Gasteiger charge is 2.29. The van der Waals surface area contributed by atoms with E-state index in [-0.39, 0.29) is 11.9 Å². The molecule has 2 heterocycles. The third-order valence-electron chi connectivity index (χ3n) is 6.55. The number of H-pyrrole nitrogens is 1. The number of amides is 1. The topological polar surface area (TPSA) is 57.8 Å². The van der Waals surface area contributed by atoms with Crippen LogP contribution in [0.15, 0.2) is 78.9 Å². The molecule has 0 spiro atoms. The molecule has 3 aromatic carbocycles. The van der Waals surface area contributed by atoms with E-state index in [1.54, 1.807) is 14.2 Å². The van der Waals surface area contributed by atoms with Crippen LogP contribution >= 0.6 is 0 Å². The summed E-state index contributed by atoms with van der Waals surface area (Å²) in [7, 11) is 3.22. The second kappa shape index (κ2) is 9.61. The summed E-state index contributed by atoms with van der Waals surface area (Å²) in [5.74, 6) is 1.30. The summed E-state index contributed by atoms with van der Waals surface area (Å²) in [4.78, 5) is 21.0. The Balaban J connectivity index is 1.33. The highest BCUT2D eigenvalue weighted by Crippen LogP contribution is 2.33. The average molecular weight is 456 g/mol. The van der Waals surface area contributed by atoms with Gasteiger partial charge in [0.25, 0.3) is 5.91 Å². The molecule has 0 radical (unpaired) electrons. The van der Waals surface area contributed by atoms with Crippen LogP contribution < -0.4 is 9.47 Å². The van der Waals surface area contributed by atoms with Gasteiger partial charge in [-0.25, -0.2) is 0 Å². The number of rotatable bonds is 6. The number of nitrogens with one attached hydrogen (secondary N) is 1. The van der Waals surface area contributed by atoms with Crippen molar-refractivity contribution < 1.29 is 14.3 Å². The Labute approximate surface area is 199 Å². The van der Waals surface area contributed by atoms with E-state index in [9.17, 15) is 4.79 Å². The third-order valence-corrected chi connectivity index (χ3v) is 6.55. The Hall–Kier alpha value is -3.77. The monoisotopic (exact) mass is 455 g/mol. The van der Waals surface area contributed by atoms with Gasteiger partial charge in [-0.15, -0.1) is 0 Å². The molecule has 1 fully saturated rings. The van der Waals surface area contributed by atoms with Gasteiger partial charge >= 0.3 is 0 Å². The van der Waals surface area contributed by atoms with Gasteiger partial charge in [0, 0.05) is 43.1 Å². The number of ether oxygens (including phenoxy) is 2. The molecule has 1 aliphatic heterocycles. The van der Waals surface area contributed by atoms with Gasteiger partial charge in [-0.3, -0.25) is 9.69 Å². The summed E-state index contributed by atoms with van der Waals surface area (Å²) in [6.45, 7) is 2.97. The molecular weight excluding hydrogens is 426 g/mol. The Kier molecular flexibility index (Phi) is 6.23. The highest BCUT2D eigenvalue weighted by atomic mass is 16.5. The van der Waals surface area contributed by atoms with E-state index in [0.717, 1.165) is 24.0 Å². The second-order valence-electron chi connectivity index (χ2n) is 8.53. The lowest BCUT2D eigenvalue weighted by Crippen LogP contribution is -2.50. The second-order valence-corrected chi connectivity index (χ2v) is 8.53. The molecule has 1 amide bonds. The van der Waals surface area contributed by atoms with Crippen LogP contribution in [0.25, 0.3) is 10.9 Å². The molecule has 1 N–H and O–H groups in total. The van der Waals surface area contributed by atoms with Crippen molar-refractivity contribution in [2.75, 3.05) is 40.4 Å². The molecule has 0 bridgehead atoms. The molecule has 6 heteroatoms. The van der Waals surface area contributed by atoms with Crippen molar-refractivity contribution >= 4 is 16.8 Å². The minimum absolute atomic E-state index is 0.0183. The molecule has 4 aromatic rings. The number of carbonyl (C=O) groups is 1. The summed E-state index contributed by atoms with van der Waals surface area (Å²) in [5, 5.41) is 0.924. The van der Waals surface area contributed by atoms with Crippen LogP contribution in [0.3, 0.4) is 0 Å². The highest BCUT2D eigenvalue weighted by molar-refractivity contribution is 5.98. The standard InChI is InChI=1S/C28H29N3O3/c1-33-25-18-22-17-24(29-23(22)19-26(25)34-2)28(32)31-15-13-30(14-16-31)27(20-9-5-3-6-10-20)21-11-7-4-8-12-21/h3-12,17-19,27,29H,13-16H2,1-2H3. The third kappa shape index (κ3) is 4.24. The number of methoxy groups -OCH3 is 2. The van der Waals surface area contributed by atoms with Crippen molar-refractivity contribution in [3.63, 3.8) is 0 Å². The Morgan fingerprint density at radius 2 is 1.35 bits per heavy atom. The zero-order chi connectivity index (χ0) is 23.5. The van der Waals surface area contributed by atoms with Crippen molar-refractivity contribution in [1.29, 1.82) is 0 Å². The molecular formula is C28H29N3O3. The van der Waals surface area contributed by atoms with Crippen LogP contribution in [0.5, 0.6) is 11.5 Å². The number of carbonyl (C=O) groups excluding carboxylic acids is 1. The summed E-state index contributed by atoms with van der Waals surface area (Å²) in [6.07, 6.45) is 0. The van der Waals surface area contributed by atoms with E-state index in [0.29, 0.717) is 30.3 Å². The Bertz CT molecular complexity index is 1180. The first-order chi connectivity index (χ1) is 16.7. The summed E-state index contributed by atoms with van der Waals surface area (Å²) in [5.41, 5.74) is 3.98. The molecule has 0 aliphatic carbocycles. The molecule has 0 saturated carbocycles. The van der Waals surface area contributed by atoms with E-state index in [2.05, 4.69) is 58.4 Å². The van der Waals surface area contributed by atoms with Crippen molar-refractivity contribution in [2.45, 2.75) is 6.04 Å². The first-order valence-electron chi connectivity index (χ1n) is 11.6. The molecule has 1 aromatic heterocycles. The van der Waals surface area contributed by atoms with Gasteiger partial charge < -0.3 is 19.4 Å². The number of benzene rings is 3. The maximum atomic E-state index is 13.3. The van der Waals surface area contributed by atoms with Crippen molar-refractivity contribution in [2.24, 2.45) is 0 Å². The van der Waals surface area contributed by atoms with Gasteiger partial charge in [0.15, 0.2) is 11.5 Å². The van der Waals surface area contributed by atoms with Gasteiger partial charge in [0.05, 0.1) is 20.3 Å². The molecule has 174 valence electrons. The smallest absolute Gasteiger partial charge is 0.270 e. The SMILES string of the molecule is COc1cc2cc(C(=O)N3CCN(C(c4ccccc4)c4ccccc4)CC3)[nH]c2cc1OC. The van der Waals surface area contributed by atoms with Gasteiger partial charge in [-0.2, -0.15) is 0 Å². The fraction of sp³-hybridized carbons (Fsp3) is 0.250. The van der Waals surface area contributed by atoms with Crippen LogP contribution in [0, 0.1) is 0 Å². The maximum Gasteiger partial charge on any atom is 0.270 e. The van der Waals surface area contributed by atoms with Crippen LogP contribution in [0.2, 0.25) is 0 Å². The predicted octanol–water partition coefficient (Wildman–Crippen LogP) is 4.73. The first kappa shape index (κ1) is 22.0. The molecule has 0 atom stereocenters.